The number of hydrogen-bond acceptors (Lipinski definition) is 4. The molecule has 0 fully saturated rings. The maximum Gasteiger partial charge on any atom is 0.435 e. The van der Waals surface area contributed by atoms with Crippen LogP contribution in [0.5, 0.6) is 5.75 Å². The summed E-state index contributed by atoms with van der Waals surface area (Å²) in [5, 5.41) is 9.05. The zero-order valence-corrected chi connectivity index (χ0v) is 14.1. The van der Waals surface area contributed by atoms with Crippen molar-refractivity contribution in [3.05, 3.63) is 47.0 Å². The predicted octanol–water partition coefficient (Wildman–Crippen LogP) is 2.10. The summed E-state index contributed by atoms with van der Waals surface area (Å²) < 4.78 is 46.3. The van der Waals surface area contributed by atoms with Crippen molar-refractivity contribution in [2.24, 2.45) is 0 Å². The number of benzene rings is 1. The molecule has 6 nitrogen and oxygen atoms in total. The van der Waals surface area contributed by atoms with E-state index in [0.29, 0.717) is 5.75 Å². The first kappa shape index (κ1) is 18.2. The van der Waals surface area contributed by atoms with Crippen LogP contribution in [0.2, 0.25) is 0 Å². The number of halogens is 3. The molecule has 0 spiro atoms. The summed E-state index contributed by atoms with van der Waals surface area (Å²) in [5.74, 6) is 0.0214. The number of amides is 1. The minimum absolute atomic E-state index is 0.0329. The lowest BCUT2D eigenvalue weighted by molar-refractivity contribution is -0.141. The van der Waals surface area contributed by atoms with Crippen molar-refractivity contribution in [3.8, 4) is 5.75 Å². The smallest absolute Gasteiger partial charge is 0.435 e. The van der Waals surface area contributed by atoms with Crippen molar-refractivity contribution in [3.63, 3.8) is 0 Å². The first-order chi connectivity index (χ1) is 12.3. The normalized spacial score (nSPS) is 14.5. The molecule has 0 unspecified atom stereocenters. The van der Waals surface area contributed by atoms with Crippen LogP contribution in [0.4, 0.5) is 13.2 Å². The molecular weight excluding hydrogens is 351 g/mol. The molecule has 0 atom stereocenters. The molecule has 0 bridgehead atoms. The lowest BCUT2D eigenvalue weighted by Crippen LogP contribution is -2.41. The highest BCUT2D eigenvalue weighted by molar-refractivity contribution is 5.94. The molecule has 0 radical (unpaired) electrons. The Balaban J connectivity index is 1.91. The summed E-state index contributed by atoms with van der Waals surface area (Å²) in [6.07, 6.45) is -4.77. The van der Waals surface area contributed by atoms with Gasteiger partial charge in [-0.2, -0.15) is 13.2 Å². The van der Waals surface area contributed by atoms with Gasteiger partial charge in [-0.15, -0.1) is 0 Å². The van der Waals surface area contributed by atoms with E-state index in [1.807, 2.05) is 0 Å². The first-order valence-corrected chi connectivity index (χ1v) is 8.04. The molecule has 0 saturated carbocycles. The average molecular weight is 369 g/mol. The molecule has 140 valence electrons. The van der Waals surface area contributed by atoms with Crippen molar-refractivity contribution in [1.29, 1.82) is 0 Å². The lowest BCUT2D eigenvalue weighted by atomic mass is 10.1. The Labute approximate surface area is 147 Å². The molecule has 1 aliphatic heterocycles. The number of hydrogen-bond donors (Lipinski definition) is 1. The highest BCUT2D eigenvalue weighted by atomic mass is 19.4. The second-order valence-corrected chi connectivity index (χ2v) is 5.92. The van der Waals surface area contributed by atoms with Crippen molar-refractivity contribution in [2.45, 2.75) is 25.7 Å². The van der Waals surface area contributed by atoms with Crippen LogP contribution in [0.25, 0.3) is 0 Å². The average Bonchev–Trinajstić information content (AvgIpc) is 2.98. The Hall–Kier alpha value is -2.55. The van der Waals surface area contributed by atoms with Gasteiger partial charge in [-0.1, -0.05) is 12.1 Å². The molecule has 1 aromatic heterocycles. The summed E-state index contributed by atoms with van der Waals surface area (Å²) >= 11 is 0. The van der Waals surface area contributed by atoms with E-state index in [-0.39, 0.29) is 38.5 Å². The molecular formula is C17H18F3N3O3. The number of nitrogens with zero attached hydrogens (tertiary/aromatic N) is 3. The van der Waals surface area contributed by atoms with E-state index in [1.165, 1.54) is 16.6 Å². The highest BCUT2D eigenvalue weighted by Crippen LogP contribution is 2.34. The van der Waals surface area contributed by atoms with Crippen LogP contribution in [0.15, 0.2) is 24.3 Å². The van der Waals surface area contributed by atoms with E-state index in [0.717, 1.165) is 5.56 Å². The van der Waals surface area contributed by atoms with Crippen LogP contribution in [0.3, 0.4) is 0 Å². The third-order valence-electron chi connectivity index (χ3n) is 4.27. The number of carbonyl (C=O) groups excluding carboxylic acids is 1. The SMILES string of the molecule is COc1ccc(CN2CCn3c(CCO)nc(C(F)(F)F)c3C2=O)cc1. The summed E-state index contributed by atoms with van der Waals surface area (Å²) in [4.78, 5) is 17.7. The number of imidazole rings is 1. The van der Waals surface area contributed by atoms with Gasteiger partial charge in [0.15, 0.2) is 5.69 Å². The summed E-state index contributed by atoms with van der Waals surface area (Å²) in [7, 11) is 1.53. The molecule has 1 aliphatic rings. The quantitative estimate of drug-likeness (QED) is 0.877. The largest absolute Gasteiger partial charge is 0.497 e. The number of rotatable bonds is 5. The van der Waals surface area contributed by atoms with Crippen molar-refractivity contribution in [1.82, 2.24) is 14.5 Å². The second kappa shape index (κ2) is 6.99. The van der Waals surface area contributed by atoms with Gasteiger partial charge in [-0.3, -0.25) is 4.79 Å². The van der Waals surface area contributed by atoms with Crippen molar-refractivity contribution in [2.75, 3.05) is 20.3 Å². The zero-order chi connectivity index (χ0) is 18.9. The Morgan fingerprint density at radius 3 is 2.50 bits per heavy atom. The number of ether oxygens (including phenoxy) is 1. The van der Waals surface area contributed by atoms with E-state index in [9.17, 15) is 18.0 Å². The van der Waals surface area contributed by atoms with E-state index in [2.05, 4.69) is 4.98 Å². The monoisotopic (exact) mass is 369 g/mol. The Bertz CT molecular complexity index is 800. The fourth-order valence-corrected chi connectivity index (χ4v) is 3.02. The van der Waals surface area contributed by atoms with Crippen LogP contribution in [-0.2, 0) is 25.7 Å². The zero-order valence-electron chi connectivity index (χ0n) is 14.1. The first-order valence-electron chi connectivity index (χ1n) is 8.04. The van der Waals surface area contributed by atoms with Crippen LogP contribution in [0, 0.1) is 0 Å². The third kappa shape index (κ3) is 3.39. The summed E-state index contributed by atoms with van der Waals surface area (Å²) in [6.45, 7) is 0.331. The number of fused-ring (bicyclic) bond motifs is 1. The molecule has 2 heterocycles. The number of alkyl halides is 3. The van der Waals surface area contributed by atoms with E-state index >= 15 is 0 Å². The van der Waals surface area contributed by atoms with Gasteiger partial charge in [0, 0.05) is 26.1 Å². The van der Waals surface area contributed by atoms with Gasteiger partial charge in [-0.05, 0) is 17.7 Å². The van der Waals surface area contributed by atoms with Crippen molar-refractivity contribution < 1.29 is 27.8 Å². The maximum absolute atomic E-state index is 13.3. The van der Waals surface area contributed by atoms with Gasteiger partial charge in [0.05, 0.1) is 13.7 Å². The molecule has 26 heavy (non-hydrogen) atoms. The topological polar surface area (TPSA) is 67.6 Å². The maximum atomic E-state index is 13.3. The predicted molar refractivity (Wildman–Crippen MR) is 85.8 cm³/mol. The van der Waals surface area contributed by atoms with Crippen LogP contribution in [-0.4, -0.2) is 45.7 Å². The van der Waals surface area contributed by atoms with Crippen molar-refractivity contribution >= 4 is 5.91 Å². The molecule has 9 heteroatoms. The highest BCUT2D eigenvalue weighted by Gasteiger charge is 2.43. The fraction of sp³-hybridized carbons (Fsp3) is 0.412. The molecule has 1 aromatic carbocycles. The minimum atomic E-state index is -4.73. The second-order valence-electron chi connectivity index (χ2n) is 5.92. The van der Waals surface area contributed by atoms with Gasteiger partial charge in [-0.25, -0.2) is 4.98 Å². The van der Waals surface area contributed by atoms with Gasteiger partial charge < -0.3 is 19.3 Å². The Morgan fingerprint density at radius 2 is 1.92 bits per heavy atom. The third-order valence-corrected chi connectivity index (χ3v) is 4.27. The number of aromatic nitrogens is 2. The molecule has 2 aromatic rings. The minimum Gasteiger partial charge on any atom is -0.497 e. The summed E-state index contributed by atoms with van der Waals surface area (Å²) in [5.41, 5.74) is -0.859. The van der Waals surface area contributed by atoms with E-state index in [4.69, 9.17) is 9.84 Å². The molecule has 3 rings (SSSR count). The van der Waals surface area contributed by atoms with Gasteiger partial charge in [0.2, 0.25) is 0 Å². The number of methoxy groups -OCH3 is 1. The number of aliphatic hydroxyl groups excluding tert-OH is 1. The Morgan fingerprint density at radius 1 is 1.23 bits per heavy atom. The standard InChI is InChI=1S/C17H18F3N3O3/c1-26-12-4-2-11(3-5-12)10-22-7-8-23-13(6-9-24)21-15(17(18,19)20)14(23)16(22)25/h2-5,24H,6-10H2,1H3. The van der Waals surface area contributed by atoms with Gasteiger partial charge >= 0.3 is 6.18 Å². The van der Waals surface area contributed by atoms with Gasteiger partial charge in [0.25, 0.3) is 5.91 Å². The molecule has 1 amide bonds. The van der Waals surface area contributed by atoms with Crippen LogP contribution >= 0.6 is 0 Å². The van der Waals surface area contributed by atoms with E-state index in [1.54, 1.807) is 24.3 Å². The van der Waals surface area contributed by atoms with Crippen LogP contribution < -0.4 is 4.74 Å². The number of carbonyl (C=O) groups is 1. The number of aliphatic hydroxyl groups is 1. The van der Waals surface area contributed by atoms with Gasteiger partial charge in [0.1, 0.15) is 17.3 Å². The van der Waals surface area contributed by atoms with Crippen LogP contribution in [0.1, 0.15) is 27.6 Å². The molecule has 1 N–H and O–H groups in total. The fourth-order valence-electron chi connectivity index (χ4n) is 3.02. The lowest BCUT2D eigenvalue weighted by Gasteiger charge is -2.29. The summed E-state index contributed by atoms with van der Waals surface area (Å²) in [6, 6.07) is 6.99. The molecule has 0 saturated heterocycles. The Kier molecular flexibility index (Phi) is 4.90. The van der Waals surface area contributed by atoms with E-state index < -0.39 is 23.5 Å². The molecule has 0 aliphatic carbocycles.